The Balaban J connectivity index is 1.06. The average molecular weight is 461 g/mol. The molecule has 4 fully saturated rings. The number of thiazole rings is 1. The largest absolute Gasteiger partial charge is 0.379 e. The van der Waals surface area contributed by atoms with E-state index in [0.29, 0.717) is 22.4 Å². The number of nitrogens with two attached hydrogens (primary N) is 1. The fourth-order valence-electron chi connectivity index (χ4n) is 8.77. The first-order chi connectivity index (χ1) is 15.3. The Morgan fingerprint density at radius 3 is 2.62 bits per heavy atom. The molecule has 0 aliphatic heterocycles. The van der Waals surface area contributed by atoms with Crippen molar-refractivity contribution in [3.8, 4) is 0 Å². The molecule has 0 spiro atoms. The van der Waals surface area contributed by atoms with Crippen LogP contribution < -0.4 is 11.1 Å². The van der Waals surface area contributed by atoms with E-state index in [0.717, 1.165) is 56.7 Å². The van der Waals surface area contributed by atoms with Gasteiger partial charge in [-0.25, -0.2) is 4.98 Å². The maximum Gasteiger partial charge on any atom is 0.180 e. The molecule has 0 saturated heterocycles. The molecular weight excluding hydrogens is 416 g/mol. The minimum Gasteiger partial charge on any atom is -0.379 e. The number of anilines is 1. The summed E-state index contributed by atoms with van der Waals surface area (Å²) in [6, 6.07) is 0.609. The highest BCUT2D eigenvalue weighted by molar-refractivity contribution is 7.15. The lowest BCUT2D eigenvalue weighted by Crippen LogP contribution is -2.64. The van der Waals surface area contributed by atoms with Crippen molar-refractivity contribution in [2.45, 2.75) is 96.6 Å². The van der Waals surface area contributed by atoms with E-state index in [-0.39, 0.29) is 0 Å². The second-order valence-corrected chi connectivity index (χ2v) is 13.4. The van der Waals surface area contributed by atoms with Gasteiger partial charge in [0, 0.05) is 29.5 Å². The van der Waals surface area contributed by atoms with Crippen molar-refractivity contribution < 1.29 is 4.74 Å². The van der Waals surface area contributed by atoms with Gasteiger partial charge in [-0.15, -0.1) is 11.3 Å². The second kappa shape index (κ2) is 8.83. The van der Waals surface area contributed by atoms with Crippen LogP contribution in [0.2, 0.25) is 0 Å². The number of rotatable bonds is 10. The monoisotopic (exact) mass is 460 g/mol. The van der Waals surface area contributed by atoms with Crippen LogP contribution in [-0.2, 0) is 17.6 Å². The summed E-state index contributed by atoms with van der Waals surface area (Å²) in [5.74, 6) is 0.946. The molecule has 6 heteroatoms. The molecule has 4 saturated carbocycles. The van der Waals surface area contributed by atoms with Gasteiger partial charge in [-0.05, 0) is 87.5 Å². The van der Waals surface area contributed by atoms with E-state index in [4.69, 9.17) is 10.5 Å². The number of nitrogen functional groups attached to an aromatic ring is 1. The molecule has 0 amide bonds. The maximum absolute atomic E-state index is 6.15. The molecule has 5 nitrogen and oxygen atoms in total. The fraction of sp³-hybridized carbons (Fsp3) is 0.885. The van der Waals surface area contributed by atoms with Crippen LogP contribution in [0.3, 0.4) is 0 Å². The molecule has 4 bridgehead atoms. The zero-order valence-corrected chi connectivity index (χ0v) is 21.4. The summed E-state index contributed by atoms with van der Waals surface area (Å²) in [4.78, 5) is 8.56. The van der Waals surface area contributed by atoms with E-state index in [1.165, 1.54) is 61.9 Å². The standard InChI is InChI=1S/C26H44N4OS/c1-4-8-30(20-5-6-21-22(12-20)32-23(27)29-21)9-11-31-10-7-28-26-15-19-13-24(2,17-26)16-25(3,14-19)18-26/h19-20,28H,4-18H2,1-3H3,(H2,27,29)/t19?,20-,24?,25?,26?/m0/s1. The van der Waals surface area contributed by atoms with Crippen molar-refractivity contribution >= 4 is 16.5 Å². The van der Waals surface area contributed by atoms with Crippen molar-refractivity contribution in [2.24, 2.45) is 16.7 Å². The van der Waals surface area contributed by atoms with Crippen molar-refractivity contribution in [1.29, 1.82) is 0 Å². The summed E-state index contributed by atoms with van der Waals surface area (Å²) in [6.07, 6.45) is 13.1. The zero-order valence-electron chi connectivity index (χ0n) is 20.5. The minimum atomic E-state index is 0.386. The van der Waals surface area contributed by atoms with Gasteiger partial charge in [0.25, 0.3) is 0 Å². The first kappa shape index (κ1) is 23.1. The Labute approximate surface area is 198 Å². The Morgan fingerprint density at radius 2 is 1.91 bits per heavy atom. The molecule has 1 aromatic heterocycles. The molecule has 3 atom stereocenters. The first-order valence-electron chi connectivity index (χ1n) is 13.1. The van der Waals surface area contributed by atoms with Gasteiger partial charge in [-0.3, -0.25) is 4.90 Å². The highest BCUT2D eigenvalue weighted by atomic mass is 32.1. The number of aromatic nitrogens is 1. The topological polar surface area (TPSA) is 63.4 Å². The number of aryl methyl sites for hydroxylation is 1. The number of ether oxygens (including phenoxy) is 1. The summed E-state index contributed by atoms with van der Waals surface area (Å²) in [5, 5.41) is 4.74. The van der Waals surface area contributed by atoms with E-state index in [2.05, 4.69) is 36.0 Å². The highest BCUT2D eigenvalue weighted by Gasteiger charge is 2.59. The number of hydrogen-bond donors (Lipinski definition) is 2. The molecule has 5 aliphatic rings. The quantitative estimate of drug-likeness (QED) is 0.498. The van der Waals surface area contributed by atoms with Gasteiger partial charge in [-0.2, -0.15) is 0 Å². The van der Waals surface area contributed by atoms with E-state index in [1.54, 1.807) is 11.3 Å². The third-order valence-electron chi connectivity index (χ3n) is 8.85. The SMILES string of the molecule is CCCN(CCOCCNC12CC3CC(C)(CC(C)(C3)C1)C2)[C@H]1CCc2nc(N)sc2C1. The third kappa shape index (κ3) is 4.75. The number of fused-ring (bicyclic) bond motifs is 1. The third-order valence-corrected chi connectivity index (χ3v) is 9.80. The molecule has 5 aliphatic carbocycles. The van der Waals surface area contributed by atoms with Crippen LogP contribution in [-0.4, -0.2) is 54.3 Å². The van der Waals surface area contributed by atoms with Crippen LogP contribution >= 0.6 is 11.3 Å². The molecule has 0 aromatic carbocycles. The van der Waals surface area contributed by atoms with Crippen molar-refractivity contribution in [3.63, 3.8) is 0 Å². The van der Waals surface area contributed by atoms with Crippen LogP contribution in [0.1, 0.15) is 82.7 Å². The van der Waals surface area contributed by atoms with E-state index < -0.39 is 0 Å². The molecular formula is C26H44N4OS. The summed E-state index contributed by atoms with van der Waals surface area (Å²) in [6.45, 7) is 12.2. The van der Waals surface area contributed by atoms with Crippen LogP contribution in [0, 0.1) is 16.7 Å². The molecule has 180 valence electrons. The van der Waals surface area contributed by atoms with Crippen LogP contribution in [0.5, 0.6) is 0 Å². The van der Waals surface area contributed by atoms with Gasteiger partial charge in [0.2, 0.25) is 0 Å². The van der Waals surface area contributed by atoms with Gasteiger partial charge >= 0.3 is 0 Å². The second-order valence-electron chi connectivity index (χ2n) is 12.3. The first-order valence-corrected chi connectivity index (χ1v) is 13.9. The molecule has 32 heavy (non-hydrogen) atoms. The molecule has 1 aromatic rings. The van der Waals surface area contributed by atoms with Crippen molar-refractivity contribution in [1.82, 2.24) is 15.2 Å². The highest BCUT2D eigenvalue weighted by Crippen LogP contribution is 2.66. The molecule has 0 radical (unpaired) electrons. The van der Waals surface area contributed by atoms with Crippen molar-refractivity contribution in [2.75, 3.05) is 38.6 Å². The Hall–Kier alpha value is -0.690. The Kier molecular flexibility index (Phi) is 6.36. The summed E-state index contributed by atoms with van der Waals surface area (Å²) in [5.41, 5.74) is 8.72. The van der Waals surface area contributed by atoms with Crippen molar-refractivity contribution in [3.05, 3.63) is 10.6 Å². The molecule has 2 unspecified atom stereocenters. The Bertz CT molecular complexity index is 792. The lowest BCUT2D eigenvalue weighted by Gasteiger charge is -2.65. The zero-order chi connectivity index (χ0) is 22.4. The summed E-state index contributed by atoms with van der Waals surface area (Å²) >= 11 is 1.69. The average Bonchev–Trinajstić information content (AvgIpc) is 3.06. The van der Waals surface area contributed by atoms with Gasteiger partial charge in [0.15, 0.2) is 5.13 Å². The van der Waals surface area contributed by atoms with Gasteiger partial charge in [-0.1, -0.05) is 20.8 Å². The summed E-state index contributed by atoms with van der Waals surface area (Å²) < 4.78 is 6.15. The maximum atomic E-state index is 6.15. The molecule has 3 N–H and O–H groups in total. The lowest BCUT2D eigenvalue weighted by atomic mass is 9.43. The number of hydrogen-bond acceptors (Lipinski definition) is 6. The number of nitrogens with one attached hydrogen (secondary N) is 1. The van der Waals surface area contributed by atoms with Gasteiger partial charge in [0.05, 0.1) is 18.9 Å². The lowest BCUT2D eigenvalue weighted by molar-refractivity contribution is -0.118. The minimum absolute atomic E-state index is 0.386. The van der Waals surface area contributed by atoms with Gasteiger partial charge < -0.3 is 15.8 Å². The smallest absolute Gasteiger partial charge is 0.180 e. The predicted molar refractivity (Wildman–Crippen MR) is 133 cm³/mol. The van der Waals surface area contributed by atoms with Crippen LogP contribution in [0.15, 0.2) is 0 Å². The fourth-order valence-corrected chi connectivity index (χ4v) is 9.72. The summed E-state index contributed by atoms with van der Waals surface area (Å²) in [7, 11) is 0. The Morgan fingerprint density at radius 1 is 1.12 bits per heavy atom. The number of nitrogens with zero attached hydrogens (tertiary/aromatic N) is 2. The van der Waals surface area contributed by atoms with Gasteiger partial charge in [0.1, 0.15) is 0 Å². The van der Waals surface area contributed by atoms with E-state index in [1.807, 2.05) is 0 Å². The van der Waals surface area contributed by atoms with E-state index in [9.17, 15) is 0 Å². The van der Waals surface area contributed by atoms with Crippen LogP contribution in [0.25, 0.3) is 0 Å². The normalized spacial score (nSPS) is 37.9. The molecule has 6 rings (SSSR count). The van der Waals surface area contributed by atoms with Crippen LogP contribution in [0.4, 0.5) is 5.13 Å². The predicted octanol–water partition coefficient (Wildman–Crippen LogP) is 4.65. The molecule has 1 heterocycles. The van der Waals surface area contributed by atoms with E-state index >= 15 is 0 Å².